The lowest BCUT2D eigenvalue weighted by Crippen LogP contribution is -2.61. The molecule has 0 radical (unpaired) electrons. The molecule has 0 N–H and O–H groups in total. The molecule has 6 nitrogen and oxygen atoms in total. The Morgan fingerprint density at radius 3 is 2.35 bits per heavy atom. The smallest absolute Gasteiger partial charge is 0.255 e. The minimum Gasteiger partial charge on any atom is -0.454 e. The van der Waals surface area contributed by atoms with Crippen molar-refractivity contribution in [1.82, 2.24) is 9.21 Å². The van der Waals surface area contributed by atoms with Crippen molar-refractivity contribution >= 4 is 39.1 Å². The highest BCUT2D eigenvalue weighted by molar-refractivity contribution is 7.88. The minimum atomic E-state index is -3.18. The minimum absolute atomic E-state index is 0.0371. The number of halogens is 3. The van der Waals surface area contributed by atoms with E-state index in [1.54, 1.807) is 23.1 Å². The summed E-state index contributed by atoms with van der Waals surface area (Å²) >= 11 is 12.9. The number of benzene rings is 2. The van der Waals surface area contributed by atoms with Gasteiger partial charge >= 0.3 is 0 Å². The van der Waals surface area contributed by atoms with E-state index in [-0.39, 0.29) is 44.4 Å². The van der Waals surface area contributed by atoms with Gasteiger partial charge in [-0.05, 0) is 54.7 Å². The molecule has 2 aromatic rings. The van der Waals surface area contributed by atoms with Gasteiger partial charge in [0, 0.05) is 31.6 Å². The lowest BCUT2D eigenvalue weighted by molar-refractivity contribution is 0.00332. The van der Waals surface area contributed by atoms with Gasteiger partial charge in [-0.1, -0.05) is 37.0 Å². The van der Waals surface area contributed by atoms with Crippen LogP contribution in [-0.2, 0) is 10.0 Å². The van der Waals surface area contributed by atoms with Gasteiger partial charge in [0.25, 0.3) is 5.91 Å². The third kappa shape index (κ3) is 4.91. The Hall–Kier alpha value is -1.87. The van der Waals surface area contributed by atoms with E-state index in [9.17, 15) is 17.6 Å². The highest BCUT2D eigenvalue weighted by atomic mass is 35.5. The topological polar surface area (TPSA) is 66.9 Å². The first-order chi connectivity index (χ1) is 15.9. The molecular formula is C24H27Cl2FN2O4S. The quantitative estimate of drug-likeness (QED) is 0.510. The van der Waals surface area contributed by atoms with Gasteiger partial charge in [0.05, 0.1) is 21.9 Å². The fourth-order valence-electron chi connectivity index (χ4n) is 4.54. The Balaban J connectivity index is 1.49. The number of sulfonamides is 1. The van der Waals surface area contributed by atoms with Crippen molar-refractivity contribution in [3.05, 3.63) is 57.3 Å². The number of nitrogens with zero attached hydrogens (tertiary/aromatic N) is 2. The molecule has 0 bridgehead atoms. The van der Waals surface area contributed by atoms with Crippen LogP contribution in [0.1, 0.15) is 48.5 Å². The van der Waals surface area contributed by atoms with Crippen molar-refractivity contribution in [3.63, 3.8) is 0 Å². The molecule has 184 valence electrons. The first-order valence-corrected chi connectivity index (χ1v) is 13.7. The summed E-state index contributed by atoms with van der Waals surface area (Å²) in [4.78, 5) is 15.0. The van der Waals surface area contributed by atoms with Gasteiger partial charge in [0.15, 0.2) is 5.75 Å². The van der Waals surface area contributed by atoms with E-state index in [0.717, 1.165) is 12.8 Å². The summed E-state index contributed by atoms with van der Waals surface area (Å²) in [6.45, 7) is 5.80. The second kappa shape index (κ2) is 9.30. The number of hydrogen-bond donors (Lipinski definition) is 0. The van der Waals surface area contributed by atoms with Gasteiger partial charge in [-0.3, -0.25) is 4.79 Å². The zero-order valence-corrected chi connectivity index (χ0v) is 21.6. The van der Waals surface area contributed by atoms with Crippen LogP contribution in [0.15, 0.2) is 30.3 Å². The van der Waals surface area contributed by atoms with Crippen LogP contribution in [0.2, 0.25) is 10.0 Å². The highest BCUT2D eigenvalue weighted by Crippen LogP contribution is 2.43. The van der Waals surface area contributed by atoms with Crippen LogP contribution < -0.4 is 4.74 Å². The zero-order chi connectivity index (χ0) is 24.8. The Bertz CT molecular complexity index is 1220. The van der Waals surface area contributed by atoms with Gasteiger partial charge in [-0.25, -0.2) is 17.1 Å². The van der Waals surface area contributed by atoms with Crippen molar-refractivity contribution in [1.29, 1.82) is 0 Å². The van der Waals surface area contributed by atoms with Crippen molar-refractivity contribution < 1.29 is 22.3 Å². The summed E-state index contributed by atoms with van der Waals surface area (Å²) in [6.07, 6.45) is 2.68. The van der Waals surface area contributed by atoms with Crippen LogP contribution in [-0.4, -0.2) is 56.0 Å². The highest BCUT2D eigenvalue weighted by Gasteiger charge is 2.48. The Kier molecular flexibility index (Phi) is 6.90. The van der Waals surface area contributed by atoms with Gasteiger partial charge in [0.2, 0.25) is 10.0 Å². The summed E-state index contributed by atoms with van der Waals surface area (Å²) < 4.78 is 44.8. The third-order valence-electron chi connectivity index (χ3n) is 6.69. The third-order valence-corrected chi connectivity index (χ3v) is 8.56. The molecule has 0 atom stereocenters. The summed E-state index contributed by atoms with van der Waals surface area (Å²) in [7, 11) is -3.18. The number of carbonyl (C=O) groups excluding carboxylic acids is 1. The largest absolute Gasteiger partial charge is 0.454 e. The van der Waals surface area contributed by atoms with Crippen LogP contribution in [0, 0.1) is 11.2 Å². The molecule has 10 heteroatoms. The van der Waals surface area contributed by atoms with E-state index in [2.05, 4.69) is 0 Å². The van der Waals surface area contributed by atoms with Gasteiger partial charge < -0.3 is 9.64 Å². The molecule has 34 heavy (non-hydrogen) atoms. The van der Waals surface area contributed by atoms with E-state index >= 15 is 0 Å². The van der Waals surface area contributed by atoms with Crippen LogP contribution >= 0.6 is 23.2 Å². The molecule has 2 fully saturated rings. The molecule has 2 aliphatic rings. The molecule has 2 aromatic carbocycles. The van der Waals surface area contributed by atoms with Crippen molar-refractivity contribution in [2.45, 2.75) is 32.6 Å². The number of ether oxygens (including phenoxy) is 1. The van der Waals surface area contributed by atoms with Crippen LogP contribution in [0.3, 0.4) is 0 Å². The van der Waals surface area contributed by atoms with Crippen molar-refractivity contribution in [2.24, 2.45) is 5.41 Å². The number of amides is 1. The molecule has 0 aliphatic carbocycles. The molecule has 0 aromatic heterocycles. The monoisotopic (exact) mass is 528 g/mol. The number of hydrogen-bond acceptors (Lipinski definition) is 4. The fraction of sp³-hybridized carbons (Fsp3) is 0.458. The average Bonchev–Trinajstić information content (AvgIpc) is 2.75. The van der Waals surface area contributed by atoms with E-state index in [0.29, 0.717) is 37.5 Å². The molecule has 1 spiro atoms. The Morgan fingerprint density at radius 2 is 1.76 bits per heavy atom. The van der Waals surface area contributed by atoms with E-state index < -0.39 is 10.0 Å². The van der Waals surface area contributed by atoms with E-state index in [1.165, 1.54) is 22.7 Å². The molecule has 1 amide bonds. The maximum atomic E-state index is 14.1. The van der Waals surface area contributed by atoms with Crippen LogP contribution in [0.25, 0.3) is 0 Å². The second-order valence-corrected chi connectivity index (χ2v) is 12.3. The predicted octanol–water partition coefficient (Wildman–Crippen LogP) is 5.55. The maximum absolute atomic E-state index is 14.1. The fourth-order valence-corrected chi connectivity index (χ4v) is 6.09. The lowest BCUT2D eigenvalue weighted by atomic mass is 9.73. The number of rotatable bonds is 5. The molecule has 0 unspecified atom stereocenters. The molecule has 2 heterocycles. The first kappa shape index (κ1) is 25.2. The molecule has 0 saturated carbocycles. The second-order valence-electron chi connectivity index (χ2n) is 9.50. The summed E-state index contributed by atoms with van der Waals surface area (Å²) in [5.74, 6) is -0.0735. The standard InChI is InChI=1S/C24H27Cl2FN2O4S/c1-15(2)18-12-16(4-7-20(18)27)33-22-19(25)6-5-17(21(22)26)23(30)28-10-8-24(9-11-28)13-29(14-24)34(3,31)32/h4-7,12,15H,8-11,13-14H2,1-3H3. The molecular weight excluding hydrogens is 502 g/mol. The first-order valence-electron chi connectivity index (χ1n) is 11.1. The molecule has 2 saturated heterocycles. The number of likely N-dealkylation sites (tertiary alicyclic amines) is 1. The summed E-state index contributed by atoms with van der Waals surface area (Å²) in [6, 6.07) is 7.55. The summed E-state index contributed by atoms with van der Waals surface area (Å²) in [5.41, 5.74) is 0.716. The van der Waals surface area contributed by atoms with Gasteiger partial charge in [-0.15, -0.1) is 0 Å². The van der Waals surface area contributed by atoms with E-state index in [4.69, 9.17) is 27.9 Å². The van der Waals surface area contributed by atoms with Gasteiger partial charge in [-0.2, -0.15) is 0 Å². The maximum Gasteiger partial charge on any atom is 0.255 e. The normalized spacial score (nSPS) is 18.3. The van der Waals surface area contributed by atoms with Crippen molar-refractivity contribution in [2.75, 3.05) is 32.4 Å². The Morgan fingerprint density at radius 1 is 1.12 bits per heavy atom. The Labute approximate surface area is 209 Å². The zero-order valence-electron chi connectivity index (χ0n) is 19.3. The number of carbonyl (C=O) groups is 1. The SMILES string of the molecule is CC(C)c1cc(Oc2c(Cl)ccc(C(=O)N3CCC4(CC3)CN(S(C)(=O)=O)C4)c2Cl)ccc1F. The van der Waals surface area contributed by atoms with Crippen LogP contribution in [0.5, 0.6) is 11.5 Å². The van der Waals surface area contributed by atoms with Gasteiger partial charge in [0.1, 0.15) is 11.6 Å². The van der Waals surface area contributed by atoms with E-state index in [1.807, 2.05) is 13.8 Å². The predicted molar refractivity (Wildman–Crippen MR) is 131 cm³/mol. The molecule has 2 aliphatic heterocycles. The van der Waals surface area contributed by atoms with Crippen molar-refractivity contribution in [3.8, 4) is 11.5 Å². The molecule has 4 rings (SSSR count). The summed E-state index contributed by atoms with van der Waals surface area (Å²) in [5, 5.41) is 0.338. The lowest BCUT2D eigenvalue weighted by Gasteiger charge is -2.52. The van der Waals surface area contributed by atoms with Crippen LogP contribution in [0.4, 0.5) is 4.39 Å². The number of piperidine rings is 1. The average molecular weight is 529 g/mol.